The van der Waals surface area contributed by atoms with E-state index >= 15 is 0 Å². The molecule has 1 heterocycles. The number of rotatable bonds is 1. The number of amides is 1. The maximum atomic E-state index is 12.3. The van der Waals surface area contributed by atoms with Crippen molar-refractivity contribution in [3.8, 4) is 0 Å². The average molecular weight is 272 g/mol. The third kappa shape index (κ3) is 4.09. The van der Waals surface area contributed by atoms with Crippen molar-refractivity contribution in [3.05, 3.63) is 0 Å². The van der Waals surface area contributed by atoms with E-state index in [0.717, 1.165) is 0 Å². The fourth-order valence-corrected chi connectivity index (χ4v) is 1.93. The second-order valence-electron chi connectivity index (χ2n) is 6.77. The molecular formula is C13H24N2O4. The smallest absolute Gasteiger partial charge is 0.413 e. The lowest BCUT2D eigenvalue weighted by molar-refractivity contribution is -0.0565. The summed E-state index contributed by atoms with van der Waals surface area (Å²) in [4.78, 5) is 13.8. The molecule has 1 aliphatic heterocycles. The van der Waals surface area contributed by atoms with Gasteiger partial charge in [0, 0.05) is 5.41 Å². The zero-order valence-corrected chi connectivity index (χ0v) is 12.5. The molecule has 0 aromatic rings. The molecular weight excluding hydrogens is 248 g/mol. The molecule has 0 aliphatic carbocycles. The molecule has 0 aromatic heterocycles. The van der Waals surface area contributed by atoms with E-state index in [1.165, 1.54) is 11.1 Å². The van der Waals surface area contributed by atoms with E-state index in [-0.39, 0.29) is 5.41 Å². The van der Waals surface area contributed by atoms with Gasteiger partial charge in [0.25, 0.3) is 0 Å². The monoisotopic (exact) mass is 272 g/mol. The van der Waals surface area contributed by atoms with Gasteiger partial charge in [-0.05, 0) is 20.8 Å². The third-order valence-corrected chi connectivity index (χ3v) is 2.62. The molecule has 1 saturated heterocycles. The number of nitrogens with zero attached hydrogens (tertiary/aromatic N) is 2. The van der Waals surface area contributed by atoms with Crippen molar-refractivity contribution >= 4 is 12.3 Å². The first-order valence-corrected chi connectivity index (χ1v) is 6.37. The van der Waals surface area contributed by atoms with Gasteiger partial charge in [-0.15, -0.1) is 0 Å². The van der Waals surface area contributed by atoms with E-state index in [2.05, 4.69) is 5.16 Å². The SMILES string of the molecule is CC(C)(C)OC(=O)N1[C@H](/C=N/O)CO[C@@H]1C(C)(C)C. The minimum Gasteiger partial charge on any atom is -0.444 e. The summed E-state index contributed by atoms with van der Waals surface area (Å²) in [5.41, 5.74) is -0.835. The van der Waals surface area contributed by atoms with Gasteiger partial charge in [0.15, 0.2) is 0 Å². The minimum absolute atomic E-state index is 0.255. The van der Waals surface area contributed by atoms with Crippen molar-refractivity contribution in [3.63, 3.8) is 0 Å². The molecule has 1 N–H and O–H groups in total. The third-order valence-electron chi connectivity index (χ3n) is 2.62. The van der Waals surface area contributed by atoms with Crippen molar-refractivity contribution < 1.29 is 19.5 Å². The standard InChI is InChI=1S/C13H24N2O4/c1-12(2,3)10-15(9(7-14-17)8-18-10)11(16)19-13(4,5)6/h7,9-10,17H,8H2,1-6H3/b14-7+/t9-,10-/m1/s1. The Morgan fingerprint density at radius 3 is 2.37 bits per heavy atom. The van der Waals surface area contributed by atoms with Gasteiger partial charge in [-0.1, -0.05) is 25.9 Å². The molecule has 0 aromatic carbocycles. The number of carbonyl (C=O) groups is 1. The second-order valence-corrected chi connectivity index (χ2v) is 6.77. The van der Waals surface area contributed by atoms with Crippen LogP contribution in [0.4, 0.5) is 4.79 Å². The molecule has 1 aliphatic rings. The Labute approximate surface area is 114 Å². The van der Waals surface area contributed by atoms with Crippen molar-refractivity contribution in [2.45, 2.75) is 59.4 Å². The van der Waals surface area contributed by atoms with Crippen LogP contribution in [0.15, 0.2) is 5.16 Å². The van der Waals surface area contributed by atoms with Gasteiger partial charge >= 0.3 is 6.09 Å². The number of hydrogen-bond acceptors (Lipinski definition) is 5. The maximum absolute atomic E-state index is 12.3. The van der Waals surface area contributed by atoms with Gasteiger partial charge < -0.3 is 14.7 Å². The fourth-order valence-electron chi connectivity index (χ4n) is 1.93. The van der Waals surface area contributed by atoms with Crippen LogP contribution in [0.25, 0.3) is 0 Å². The first-order chi connectivity index (χ1) is 8.56. The van der Waals surface area contributed by atoms with Crippen LogP contribution in [0.1, 0.15) is 41.5 Å². The van der Waals surface area contributed by atoms with Crippen LogP contribution in [-0.2, 0) is 9.47 Å². The van der Waals surface area contributed by atoms with E-state index in [4.69, 9.17) is 14.7 Å². The zero-order valence-electron chi connectivity index (χ0n) is 12.5. The molecule has 1 amide bonds. The lowest BCUT2D eigenvalue weighted by atomic mass is 9.93. The molecule has 1 fully saturated rings. The minimum atomic E-state index is -0.580. The fraction of sp³-hybridized carbons (Fsp3) is 0.846. The van der Waals surface area contributed by atoms with E-state index in [1.54, 1.807) is 0 Å². The van der Waals surface area contributed by atoms with Crippen LogP contribution in [0, 0.1) is 5.41 Å². The first kappa shape index (κ1) is 15.8. The summed E-state index contributed by atoms with van der Waals surface area (Å²) in [6.45, 7) is 11.7. The van der Waals surface area contributed by atoms with Gasteiger partial charge in [-0.25, -0.2) is 4.79 Å². The van der Waals surface area contributed by atoms with Crippen molar-refractivity contribution in [1.29, 1.82) is 0 Å². The number of ether oxygens (including phenoxy) is 2. The molecule has 6 nitrogen and oxygen atoms in total. The molecule has 0 bridgehead atoms. The van der Waals surface area contributed by atoms with Gasteiger partial charge in [-0.3, -0.25) is 4.90 Å². The Kier molecular flexibility index (Phi) is 4.45. The summed E-state index contributed by atoms with van der Waals surface area (Å²) in [7, 11) is 0. The van der Waals surface area contributed by atoms with Gasteiger partial charge in [-0.2, -0.15) is 0 Å². The van der Waals surface area contributed by atoms with Crippen LogP contribution in [0.5, 0.6) is 0 Å². The molecule has 2 atom stereocenters. The van der Waals surface area contributed by atoms with Gasteiger partial charge in [0.05, 0.1) is 18.9 Å². The second kappa shape index (κ2) is 5.36. The highest BCUT2D eigenvalue weighted by molar-refractivity contribution is 5.76. The number of hydrogen-bond donors (Lipinski definition) is 1. The van der Waals surface area contributed by atoms with Gasteiger partial charge in [0.1, 0.15) is 11.8 Å². The number of carbonyl (C=O) groups excluding carboxylic acids is 1. The topological polar surface area (TPSA) is 71.4 Å². The zero-order chi connectivity index (χ0) is 14.8. The highest BCUT2D eigenvalue weighted by Crippen LogP contribution is 2.32. The predicted molar refractivity (Wildman–Crippen MR) is 71.3 cm³/mol. The quantitative estimate of drug-likeness (QED) is 0.452. The van der Waals surface area contributed by atoms with E-state index in [9.17, 15) is 4.79 Å². The molecule has 19 heavy (non-hydrogen) atoms. The highest BCUT2D eigenvalue weighted by Gasteiger charge is 2.45. The Balaban J connectivity index is 2.96. The average Bonchev–Trinajstić information content (AvgIpc) is 2.58. The Bertz CT molecular complexity index is 355. The van der Waals surface area contributed by atoms with E-state index in [1.807, 2.05) is 41.5 Å². The lowest BCUT2D eigenvalue weighted by Gasteiger charge is -2.35. The molecule has 0 unspecified atom stereocenters. The van der Waals surface area contributed by atoms with Crippen LogP contribution < -0.4 is 0 Å². The Hall–Kier alpha value is -1.30. The largest absolute Gasteiger partial charge is 0.444 e. The molecule has 0 radical (unpaired) electrons. The Morgan fingerprint density at radius 2 is 1.95 bits per heavy atom. The molecule has 0 spiro atoms. The van der Waals surface area contributed by atoms with Crippen molar-refractivity contribution in [1.82, 2.24) is 4.90 Å². The van der Waals surface area contributed by atoms with E-state index in [0.29, 0.717) is 6.61 Å². The van der Waals surface area contributed by atoms with Crippen LogP contribution in [0.3, 0.4) is 0 Å². The summed E-state index contributed by atoms with van der Waals surface area (Å²) < 4.78 is 11.0. The van der Waals surface area contributed by atoms with Crippen molar-refractivity contribution in [2.75, 3.05) is 6.61 Å². The van der Waals surface area contributed by atoms with Crippen LogP contribution in [-0.4, -0.2) is 46.9 Å². The molecule has 110 valence electrons. The van der Waals surface area contributed by atoms with Gasteiger partial charge in [0.2, 0.25) is 0 Å². The Morgan fingerprint density at radius 1 is 1.37 bits per heavy atom. The summed E-state index contributed by atoms with van der Waals surface area (Å²) in [5.74, 6) is 0. The first-order valence-electron chi connectivity index (χ1n) is 6.37. The summed E-state index contributed by atoms with van der Waals surface area (Å²) in [6, 6.07) is -0.413. The predicted octanol–water partition coefficient (Wildman–Crippen LogP) is 2.45. The van der Waals surface area contributed by atoms with Crippen molar-refractivity contribution in [2.24, 2.45) is 10.6 Å². The highest BCUT2D eigenvalue weighted by atomic mass is 16.6. The normalized spacial score (nSPS) is 25.1. The summed E-state index contributed by atoms with van der Waals surface area (Å²) in [6.07, 6.45) is 0.413. The molecule has 1 rings (SSSR count). The maximum Gasteiger partial charge on any atom is 0.413 e. The summed E-state index contributed by atoms with van der Waals surface area (Å²) >= 11 is 0. The summed E-state index contributed by atoms with van der Waals surface area (Å²) in [5, 5.41) is 11.7. The van der Waals surface area contributed by atoms with Crippen LogP contribution >= 0.6 is 0 Å². The van der Waals surface area contributed by atoms with E-state index < -0.39 is 24.0 Å². The molecule has 6 heteroatoms. The van der Waals surface area contributed by atoms with Crippen LogP contribution in [0.2, 0.25) is 0 Å². The molecule has 0 saturated carbocycles. The number of oxime groups is 1. The lowest BCUT2D eigenvalue weighted by Crippen LogP contribution is -2.49.